The molecular weight excluding hydrogens is 241 g/mol. The Balaban J connectivity index is 4.07. The van der Waals surface area contributed by atoms with Crippen molar-refractivity contribution >= 4 is 46.5 Å². The summed E-state index contributed by atoms with van der Waals surface area (Å²) < 4.78 is 5.50. The van der Waals surface area contributed by atoms with Crippen molar-refractivity contribution in [3.8, 4) is 0 Å². The van der Waals surface area contributed by atoms with Crippen LogP contribution in [-0.2, 0) is 16.3 Å². The van der Waals surface area contributed by atoms with E-state index in [1.165, 1.54) is 5.49 Å². The fourth-order valence-corrected chi connectivity index (χ4v) is 6.05. The normalized spacial score (nSPS) is 15.4. The molecule has 0 saturated heterocycles. The predicted molar refractivity (Wildman–Crippen MR) is 70.0 cm³/mol. The summed E-state index contributed by atoms with van der Waals surface area (Å²) in [6, 6.07) is 0. The molecule has 0 bridgehead atoms. The monoisotopic (exact) mass is 257 g/mol. The third kappa shape index (κ3) is 6.86. The number of thiocarbonyl (C=S) groups is 1. The summed E-state index contributed by atoms with van der Waals surface area (Å²) in [5, 5.41) is 2.97. The number of hydrogen-bond donors (Lipinski definition) is 1. The summed E-state index contributed by atoms with van der Waals surface area (Å²) in [7, 11) is 0. The van der Waals surface area contributed by atoms with Gasteiger partial charge in [0.25, 0.3) is 0 Å². The van der Waals surface area contributed by atoms with Crippen LogP contribution in [0.1, 0.15) is 20.8 Å². The van der Waals surface area contributed by atoms with Crippen molar-refractivity contribution in [2.75, 3.05) is 12.4 Å². The topological polar surface area (TPSA) is 21.3 Å². The third-order valence-corrected chi connectivity index (χ3v) is 7.26. The first-order valence-corrected chi connectivity index (χ1v) is 8.93. The zero-order valence-electron chi connectivity index (χ0n) is 8.15. The van der Waals surface area contributed by atoms with Gasteiger partial charge in [-0.05, 0) is 24.6 Å². The Hall–Kier alpha value is 0.850. The van der Waals surface area contributed by atoms with Crippen molar-refractivity contribution in [1.82, 2.24) is 5.09 Å². The van der Waals surface area contributed by atoms with E-state index in [0.29, 0.717) is 12.5 Å². The molecule has 2 nitrogen and oxygen atoms in total. The molecule has 0 aromatic rings. The fourth-order valence-electron chi connectivity index (χ4n) is 0.594. The maximum absolute atomic E-state index is 5.50. The Bertz CT molecular complexity index is 198. The largest absolute Gasteiger partial charge is 0.327 e. The fraction of sp³-hybridized carbons (Fsp3) is 0.857. The van der Waals surface area contributed by atoms with E-state index in [0.717, 1.165) is 5.75 Å². The van der Waals surface area contributed by atoms with Gasteiger partial charge in [0.2, 0.25) is 5.62 Å². The molecule has 0 radical (unpaired) electrons. The van der Waals surface area contributed by atoms with Crippen LogP contribution in [0, 0.1) is 5.92 Å². The first-order valence-electron chi connectivity index (χ1n) is 4.14. The van der Waals surface area contributed by atoms with Crippen molar-refractivity contribution < 1.29 is 4.52 Å². The third-order valence-electron chi connectivity index (χ3n) is 1.09. The molecule has 0 amide bonds. The Labute approximate surface area is 95.1 Å². The van der Waals surface area contributed by atoms with Crippen molar-refractivity contribution in [2.24, 2.45) is 5.92 Å². The Kier molecular flexibility index (Phi) is 7.65. The highest BCUT2D eigenvalue weighted by molar-refractivity contribution is 8.68. The Morgan fingerprint density at radius 2 is 2.23 bits per heavy atom. The minimum Gasteiger partial charge on any atom is -0.327 e. The van der Waals surface area contributed by atoms with Gasteiger partial charge in [-0.1, -0.05) is 37.4 Å². The van der Waals surface area contributed by atoms with Crippen LogP contribution >= 0.6 is 29.2 Å². The predicted octanol–water partition coefficient (Wildman–Crippen LogP) is 3.18. The Morgan fingerprint density at radius 1 is 1.62 bits per heavy atom. The summed E-state index contributed by atoms with van der Waals surface area (Å²) in [6.07, 6.45) is 0. The molecule has 0 heterocycles. The van der Waals surface area contributed by atoms with Crippen LogP contribution in [0.15, 0.2) is 0 Å². The summed E-state index contributed by atoms with van der Waals surface area (Å²) in [5.41, 5.74) is -0.471. The average molecular weight is 257 g/mol. The number of hydrogen-bond acceptors (Lipinski definition) is 4. The maximum Gasteiger partial charge on any atom is 0.210 e. The molecule has 0 aliphatic rings. The van der Waals surface area contributed by atoms with E-state index in [-0.39, 0.29) is 0 Å². The lowest BCUT2D eigenvalue weighted by Gasteiger charge is -2.20. The second-order valence-electron chi connectivity index (χ2n) is 2.85. The first kappa shape index (κ1) is 13.8. The molecule has 0 rings (SSSR count). The van der Waals surface area contributed by atoms with Gasteiger partial charge in [-0.3, -0.25) is 0 Å². The van der Waals surface area contributed by atoms with Crippen LogP contribution in [0.25, 0.3) is 0 Å². The summed E-state index contributed by atoms with van der Waals surface area (Å²) in [5.74, 6) is 1.63. The smallest absolute Gasteiger partial charge is 0.210 e. The van der Waals surface area contributed by atoms with E-state index < -0.39 is 5.62 Å². The lowest BCUT2D eigenvalue weighted by Crippen LogP contribution is -2.07. The first-order chi connectivity index (χ1) is 6.04. The van der Waals surface area contributed by atoms with Gasteiger partial charge in [0.05, 0.1) is 12.1 Å². The van der Waals surface area contributed by atoms with Gasteiger partial charge in [0, 0.05) is 5.75 Å². The quantitative estimate of drug-likeness (QED) is 0.557. The van der Waals surface area contributed by atoms with E-state index in [4.69, 9.17) is 28.5 Å². The minimum atomic E-state index is -1.93. The molecule has 0 saturated carbocycles. The molecule has 0 aromatic heterocycles. The Morgan fingerprint density at radius 3 is 2.62 bits per heavy atom. The van der Waals surface area contributed by atoms with Gasteiger partial charge in [0.1, 0.15) is 0 Å². The van der Waals surface area contributed by atoms with Gasteiger partial charge >= 0.3 is 0 Å². The highest BCUT2D eigenvalue weighted by Crippen LogP contribution is 2.56. The van der Waals surface area contributed by atoms with Gasteiger partial charge in [-0.2, -0.15) is 0 Å². The molecule has 13 heavy (non-hydrogen) atoms. The molecule has 0 fully saturated rings. The average Bonchev–Trinajstić information content (AvgIpc) is 2.02. The molecular formula is C7H16NOPS3. The van der Waals surface area contributed by atoms with E-state index in [1.54, 1.807) is 11.4 Å². The molecule has 0 spiro atoms. The lowest BCUT2D eigenvalue weighted by atomic mass is 10.3. The van der Waals surface area contributed by atoms with Crippen LogP contribution in [0.5, 0.6) is 0 Å². The van der Waals surface area contributed by atoms with Crippen molar-refractivity contribution in [3.63, 3.8) is 0 Å². The molecule has 0 aliphatic carbocycles. The summed E-state index contributed by atoms with van der Waals surface area (Å²) in [6.45, 7) is 6.91. The SMILES string of the molecule is CCOP(=S)(NC=S)SCC(C)C. The van der Waals surface area contributed by atoms with E-state index in [2.05, 4.69) is 18.9 Å². The second kappa shape index (κ2) is 7.18. The second-order valence-corrected chi connectivity index (χ2v) is 9.74. The zero-order valence-corrected chi connectivity index (χ0v) is 11.5. The van der Waals surface area contributed by atoms with Crippen LogP contribution in [0.4, 0.5) is 0 Å². The molecule has 1 N–H and O–H groups in total. The number of rotatable bonds is 7. The van der Waals surface area contributed by atoms with Gasteiger partial charge in [0.15, 0.2) is 0 Å². The molecule has 0 aliphatic heterocycles. The van der Waals surface area contributed by atoms with E-state index in [9.17, 15) is 0 Å². The van der Waals surface area contributed by atoms with Crippen LogP contribution in [0.3, 0.4) is 0 Å². The van der Waals surface area contributed by atoms with Crippen molar-refractivity contribution in [2.45, 2.75) is 20.8 Å². The molecule has 6 heteroatoms. The molecule has 78 valence electrons. The summed E-state index contributed by atoms with van der Waals surface area (Å²) in [4.78, 5) is 0. The highest BCUT2D eigenvalue weighted by Gasteiger charge is 2.16. The molecule has 1 atom stereocenters. The number of nitrogens with one attached hydrogen (secondary N) is 1. The van der Waals surface area contributed by atoms with E-state index in [1.807, 2.05) is 6.92 Å². The van der Waals surface area contributed by atoms with Gasteiger partial charge in [-0.25, -0.2) is 0 Å². The van der Waals surface area contributed by atoms with Crippen molar-refractivity contribution in [1.29, 1.82) is 0 Å². The van der Waals surface area contributed by atoms with E-state index >= 15 is 0 Å². The standard InChI is InChI=1S/C7H16NOPS3/c1-4-9-10(12,8-6-11)13-5-7(2)3/h6-7H,4-5H2,1-3H3,(H,8,11,12). The lowest BCUT2D eigenvalue weighted by molar-refractivity contribution is 0.383. The van der Waals surface area contributed by atoms with Crippen molar-refractivity contribution in [3.05, 3.63) is 0 Å². The van der Waals surface area contributed by atoms with Crippen LogP contribution in [0.2, 0.25) is 0 Å². The zero-order chi connectivity index (χ0) is 10.3. The van der Waals surface area contributed by atoms with Crippen LogP contribution < -0.4 is 5.09 Å². The minimum absolute atomic E-state index is 0.625. The maximum atomic E-state index is 5.50. The molecule has 0 aromatic carbocycles. The highest BCUT2D eigenvalue weighted by atomic mass is 32.9. The van der Waals surface area contributed by atoms with Gasteiger partial charge < -0.3 is 9.61 Å². The molecule has 1 unspecified atom stereocenters. The van der Waals surface area contributed by atoms with Crippen LogP contribution in [-0.4, -0.2) is 17.9 Å². The van der Waals surface area contributed by atoms with Gasteiger partial charge in [-0.15, -0.1) is 0 Å². The summed E-state index contributed by atoms with van der Waals surface area (Å²) >= 11 is 11.8.